The highest BCUT2D eigenvalue weighted by Crippen LogP contribution is 1.96. The minimum absolute atomic E-state index is 0.116. The van der Waals surface area contributed by atoms with Crippen molar-refractivity contribution >= 4 is 0 Å². The van der Waals surface area contributed by atoms with E-state index < -0.39 is 0 Å². The number of rotatable bonds is 2. The smallest absolute Gasteiger partial charge is 0.116 e. The first-order chi connectivity index (χ1) is 4.86. The van der Waals surface area contributed by atoms with Crippen LogP contribution in [0.25, 0.3) is 0 Å². The van der Waals surface area contributed by atoms with Gasteiger partial charge in [-0.05, 0) is 6.07 Å². The molecule has 0 aliphatic heterocycles. The van der Waals surface area contributed by atoms with Gasteiger partial charge >= 0.3 is 0 Å². The second-order valence-corrected chi connectivity index (χ2v) is 1.82. The summed E-state index contributed by atoms with van der Waals surface area (Å²) in [5.74, 6) is 0. The number of aromatic nitrogens is 2. The van der Waals surface area contributed by atoms with Gasteiger partial charge in [0.1, 0.15) is 6.33 Å². The molecule has 4 heteroatoms. The second-order valence-electron chi connectivity index (χ2n) is 1.82. The van der Waals surface area contributed by atoms with Gasteiger partial charge in [0.05, 0.1) is 24.6 Å². The lowest BCUT2D eigenvalue weighted by atomic mass is 10.3. The molecule has 0 aromatic carbocycles. The maximum absolute atomic E-state index is 8.59. The zero-order valence-electron chi connectivity index (χ0n) is 5.36. The van der Waals surface area contributed by atoms with Gasteiger partial charge in [0.2, 0.25) is 0 Å². The molecule has 0 fully saturated rings. The van der Waals surface area contributed by atoms with Crippen LogP contribution in [0, 0.1) is 0 Å². The van der Waals surface area contributed by atoms with Gasteiger partial charge in [-0.25, -0.2) is 9.97 Å². The molecule has 0 amide bonds. The van der Waals surface area contributed by atoms with Crippen LogP contribution in [0.5, 0.6) is 0 Å². The van der Waals surface area contributed by atoms with Crippen LogP contribution in [0.2, 0.25) is 0 Å². The third-order valence-corrected chi connectivity index (χ3v) is 1.10. The molecular formula is C6H8N2O2. The topological polar surface area (TPSA) is 66.2 Å². The fourth-order valence-corrected chi connectivity index (χ4v) is 0.617. The first kappa shape index (κ1) is 7.11. The SMILES string of the molecule is OCc1cc(CO)ncn1. The van der Waals surface area contributed by atoms with Crippen molar-refractivity contribution in [3.8, 4) is 0 Å². The summed E-state index contributed by atoms with van der Waals surface area (Å²) in [5.41, 5.74) is 1.05. The molecule has 0 saturated heterocycles. The normalized spacial score (nSPS) is 9.80. The minimum atomic E-state index is -0.116. The molecule has 10 heavy (non-hydrogen) atoms. The van der Waals surface area contributed by atoms with Crippen LogP contribution in [-0.4, -0.2) is 20.2 Å². The van der Waals surface area contributed by atoms with E-state index in [4.69, 9.17) is 10.2 Å². The Kier molecular flexibility index (Phi) is 2.30. The van der Waals surface area contributed by atoms with Gasteiger partial charge in [0.15, 0.2) is 0 Å². The first-order valence-electron chi connectivity index (χ1n) is 2.88. The Bertz CT molecular complexity index is 195. The quantitative estimate of drug-likeness (QED) is 0.579. The Hall–Kier alpha value is -1.00. The summed E-state index contributed by atoms with van der Waals surface area (Å²) in [6.07, 6.45) is 1.32. The molecule has 0 saturated carbocycles. The average Bonchev–Trinajstić information content (AvgIpc) is 2.05. The van der Waals surface area contributed by atoms with E-state index in [1.54, 1.807) is 6.07 Å². The van der Waals surface area contributed by atoms with Gasteiger partial charge in [-0.1, -0.05) is 0 Å². The Morgan fingerprint density at radius 3 is 2.00 bits per heavy atom. The predicted molar refractivity (Wildman–Crippen MR) is 33.9 cm³/mol. The fraction of sp³-hybridized carbons (Fsp3) is 0.333. The summed E-state index contributed by atoms with van der Waals surface area (Å²) in [4.78, 5) is 7.47. The zero-order valence-corrected chi connectivity index (χ0v) is 5.36. The van der Waals surface area contributed by atoms with Gasteiger partial charge in [-0.3, -0.25) is 0 Å². The largest absolute Gasteiger partial charge is 0.390 e. The molecule has 0 radical (unpaired) electrons. The Morgan fingerprint density at radius 1 is 1.10 bits per heavy atom. The molecule has 1 heterocycles. The number of hydrogen-bond donors (Lipinski definition) is 2. The molecule has 1 aromatic heterocycles. The lowest BCUT2D eigenvalue weighted by Crippen LogP contribution is -1.95. The van der Waals surface area contributed by atoms with E-state index in [2.05, 4.69) is 9.97 Å². The van der Waals surface area contributed by atoms with Crippen molar-refractivity contribution < 1.29 is 10.2 Å². The van der Waals surface area contributed by atoms with Crippen LogP contribution in [0.1, 0.15) is 11.4 Å². The van der Waals surface area contributed by atoms with Crippen molar-refractivity contribution in [1.82, 2.24) is 9.97 Å². The Labute approximate surface area is 58.2 Å². The summed E-state index contributed by atoms with van der Waals surface area (Å²) in [6, 6.07) is 1.56. The van der Waals surface area contributed by atoms with Crippen LogP contribution >= 0.6 is 0 Å². The second kappa shape index (κ2) is 3.24. The third-order valence-electron chi connectivity index (χ3n) is 1.10. The third kappa shape index (κ3) is 1.49. The molecule has 0 aliphatic carbocycles. The molecule has 1 rings (SSSR count). The minimum Gasteiger partial charge on any atom is -0.390 e. The van der Waals surface area contributed by atoms with E-state index in [1.165, 1.54) is 6.33 Å². The predicted octanol–water partition coefficient (Wildman–Crippen LogP) is -0.539. The molecule has 54 valence electrons. The van der Waals surface area contributed by atoms with E-state index in [0.29, 0.717) is 11.4 Å². The molecule has 0 atom stereocenters. The van der Waals surface area contributed by atoms with Crippen LogP contribution < -0.4 is 0 Å². The van der Waals surface area contributed by atoms with Crippen LogP contribution in [0.15, 0.2) is 12.4 Å². The maximum Gasteiger partial charge on any atom is 0.116 e. The summed E-state index contributed by atoms with van der Waals surface area (Å²) in [6.45, 7) is -0.231. The van der Waals surface area contributed by atoms with Crippen molar-refractivity contribution in [2.24, 2.45) is 0 Å². The first-order valence-corrected chi connectivity index (χ1v) is 2.88. The summed E-state index contributed by atoms with van der Waals surface area (Å²) < 4.78 is 0. The highest BCUT2D eigenvalue weighted by atomic mass is 16.3. The Morgan fingerprint density at radius 2 is 1.60 bits per heavy atom. The summed E-state index contributed by atoms with van der Waals surface area (Å²) in [7, 11) is 0. The molecule has 4 nitrogen and oxygen atoms in total. The van der Waals surface area contributed by atoms with Crippen molar-refractivity contribution in [2.45, 2.75) is 13.2 Å². The molecule has 0 unspecified atom stereocenters. The molecular weight excluding hydrogens is 132 g/mol. The summed E-state index contributed by atoms with van der Waals surface area (Å²) >= 11 is 0. The molecule has 1 aromatic rings. The number of nitrogens with zero attached hydrogens (tertiary/aromatic N) is 2. The Balaban J connectivity index is 2.87. The van der Waals surface area contributed by atoms with Crippen molar-refractivity contribution in [3.05, 3.63) is 23.8 Å². The van der Waals surface area contributed by atoms with Gasteiger partial charge in [-0.2, -0.15) is 0 Å². The van der Waals surface area contributed by atoms with Gasteiger partial charge in [0, 0.05) is 0 Å². The van der Waals surface area contributed by atoms with Crippen LogP contribution in [-0.2, 0) is 13.2 Å². The van der Waals surface area contributed by atoms with Gasteiger partial charge < -0.3 is 10.2 Å². The van der Waals surface area contributed by atoms with Crippen molar-refractivity contribution in [2.75, 3.05) is 0 Å². The van der Waals surface area contributed by atoms with E-state index >= 15 is 0 Å². The molecule has 0 aliphatic rings. The number of aliphatic hydroxyl groups excluding tert-OH is 2. The highest BCUT2D eigenvalue weighted by Gasteiger charge is 1.93. The molecule has 0 spiro atoms. The zero-order chi connectivity index (χ0) is 7.40. The standard InChI is InChI=1S/C6H8N2O2/c9-2-5-1-6(3-10)8-4-7-5/h1,4,9-10H,2-3H2. The van der Waals surface area contributed by atoms with Crippen molar-refractivity contribution in [1.29, 1.82) is 0 Å². The lowest BCUT2D eigenvalue weighted by Gasteiger charge is -1.95. The van der Waals surface area contributed by atoms with Crippen LogP contribution in [0.4, 0.5) is 0 Å². The van der Waals surface area contributed by atoms with Gasteiger partial charge in [-0.15, -0.1) is 0 Å². The summed E-state index contributed by atoms with van der Waals surface area (Å²) in [5, 5.41) is 17.2. The lowest BCUT2D eigenvalue weighted by molar-refractivity contribution is 0.268. The molecule has 0 bridgehead atoms. The maximum atomic E-state index is 8.59. The van der Waals surface area contributed by atoms with E-state index in [-0.39, 0.29) is 13.2 Å². The average molecular weight is 140 g/mol. The van der Waals surface area contributed by atoms with Crippen LogP contribution in [0.3, 0.4) is 0 Å². The molecule has 2 N–H and O–H groups in total. The van der Waals surface area contributed by atoms with Crippen molar-refractivity contribution in [3.63, 3.8) is 0 Å². The monoisotopic (exact) mass is 140 g/mol. The highest BCUT2D eigenvalue weighted by molar-refractivity contribution is 5.05. The number of hydrogen-bond acceptors (Lipinski definition) is 4. The van der Waals surface area contributed by atoms with Gasteiger partial charge in [0.25, 0.3) is 0 Å². The van der Waals surface area contributed by atoms with E-state index in [0.717, 1.165) is 0 Å². The fourth-order valence-electron chi connectivity index (χ4n) is 0.617. The van der Waals surface area contributed by atoms with E-state index in [9.17, 15) is 0 Å². The number of aliphatic hydroxyl groups is 2. The van der Waals surface area contributed by atoms with E-state index in [1.807, 2.05) is 0 Å².